The molecule has 1 rings (SSSR count). The van der Waals surface area contributed by atoms with Gasteiger partial charge in [-0.2, -0.15) is 5.50 Å². The number of anilines is 1. The van der Waals surface area contributed by atoms with Crippen molar-refractivity contribution in [3.8, 4) is 0 Å². The molecule has 6 heteroatoms. The predicted octanol–water partition coefficient (Wildman–Crippen LogP) is -0.213. The predicted molar refractivity (Wildman–Crippen MR) is 97.4 cm³/mol. The molecule has 0 heterocycles. The monoisotopic (exact) mass is 346 g/mol. The quantitative estimate of drug-likeness (QED) is 0.661. The Morgan fingerprint density at radius 1 is 0.818 bits per heavy atom. The van der Waals surface area contributed by atoms with Crippen LogP contribution in [0.25, 0.3) is 0 Å². The van der Waals surface area contributed by atoms with E-state index in [4.69, 9.17) is 5.50 Å². The van der Waals surface area contributed by atoms with E-state index >= 15 is 0 Å². The normalized spacial score (nSPS) is 11.7. The Kier molecular flexibility index (Phi) is 9.52. The molecule has 0 amide bonds. The highest BCUT2D eigenvalue weighted by molar-refractivity contribution is 7.76. The number of hydrogen-bond donors (Lipinski definition) is 1. The van der Waals surface area contributed by atoms with Crippen LogP contribution in [-0.4, -0.2) is 49.6 Å². The molecule has 0 saturated heterocycles. The lowest BCUT2D eigenvalue weighted by Crippen LogP contribution is -3.00. The van der Waals surface area contributed by atoms with Crippen LogP contribution in [0.15, 0.2) is 24.3 Å². The fourth-order valence-electron chi connectivity index (χ4n) is 2.79. The van der Waals surface area contributed by atoms with Crippen molar-refractivity contribution < 1.29 is 12.4 Å². The molecule has 0 atom stereocenters. The van der Waals surface area contributed by atoms with E-state index in [1.807, 2.05) is 0 Å². The van der Waals surface area contributed by atoms with Gasteiger partial charge in [0.15, 0.2) is 0 Å². The maximum atomic E-state index is 7.03. The molecule has 0 aromatic heterocycles. The van der Waals surface area contributed by atoms with Crippen LogP contribution in [0.5, 0.6) is 0 Å². The van der Waals surface area contributed by atoms with Crippen LogP contribution in [0.4, 0.5) is 5.69 Å². The van der Waals surface area contributed by atoms with Gasteiger partial charge in [0, 0.05) is 46.0 Å². The van der Waals surface area contributed by atoms with Gasteiger partial charge in [0.25, 0.3) is 7.71 Å². The Hall–Kier alpha value is -0.380. The summed E-state index contributed by atoms with van der Waals surface area (Å²) in [5, 5.41) is 1.26. The van der Waals surface area contributed by atoms with Gasteiger partial charge in [-0.05, 0) is 52.0 Å². The second-order valence-electron chi connectivity index (χ2n) is 5.34. The molecule has 0 unspecified atom stereocenters. The molecule has 1 aromatic carbocycles. The van der Waals surface area contributed by atoms with E-state index in [0.29, 0.717) is 0 Å². The summed E-state index contributed by atoms with van der Waals surface area (Å²) in [4.78, 5) is 2.12. The lowest BCUT2D eigenvalue weighted by atomic mass is 10.3. The number of hydrogen-bond acceptors (Lipinski definition) is 4. The van der Waals surface area contributed by atoms with Crippen molar-refractivity contribution >= 4 is 18.7 Å². The van der Waals surface area contributed by atoms with Gasteiger partial charge in [-0.25, -0.2) is 0 Å². The molecule has 0 fully saturated rings. The van der Waals surface area contributed by atoms with E-state index in [9.17, 15) is 0 Å². The molecule has 0 aliphatic rings. The number of nitrogens with zero attached hydrogens (tertiary/aromatic N) is 3. The standard InChI is InChI=1S/C16H32N4P.ClH/c1-7-19(8-2)21(17,20(9-3)10-4)16-13-11-15(12-14-16)18(5)6;/h11-14H,7-10,17H2,1-6H3;1H/q+1;/p-1. The molecule has 0 aliphatic carbocycles. The third kappa shape index (κ3) is 4.33. The minimum Gasteiger partial charge on any atom is -1.00 e. The van der Waals surface area contributed by atoms with Crippen molar-refractivity contribution in [2.45, 2.75) is 27.7 Å². The van der Waals surface area contributed by atoms with E-state index in [-0.39, 0.29) is 12.4 Å². The molecule has 1 aromatic rings. The smallest absolute Gasteiger partial charge is 0.256 e. The number of benzene rings is 1. The van der Waals surface area contributed by atoms with Crippen LogP contribution >= 0.6 is 7.71 Å². The molecule has 22 heavy (non-hydrogen) atoms. The van der Waals surface area contributed by atoms with Gasteiger partial charge in [0.1, 0.15) is 5.30 Å². The summed E-state index contributed by atoms with van der Waals surface area (Å²) in [6, 6.07) is 8.76. The van der Waals surface area contributed by atoms with Gasteiger partial charge in [0.2, 0.25) is 0 Å². The first-order chi connectivity index (χ1) is 9.95. The summed E-state index contributed by atoms with van der Waals surface area (Å²) in [6.07, 6.45) is 0. The highest BCUT2D eigenvalue weighted by Gasteiger charge is 2.47. The number of nitrogens with two attached hydrogens (primary N) is 1. The zero-order valence-electron chi connectivity index (χ0n) is 14.9. The minimum atomic E-state index is -1.94. The fourth-order valence-corrected chi connectivity index (χ4v) is 6.11. The topological polar surface area (TPSA) is 35.7 Å². The summed E-state index contributed by atoms with van der Waals surface area (Å²) in [6.45, 7) is 12.7. The van der Waals surface area contributed by atoms with Crippen LogP contribution in [0.2, 0.25) is 0 Å². The summed E-state index contributed by atoms with van der Waals surface area (Å²) < 4.78 is 4.87. The van der Waals surface area contributed by atoms with Crippen molar-refractivity contribution in [1.29, 1.82) is 0 Å². The van der Waals surface area contributed by atoms with Crippen molar-refractivity contribution in [3.05, 3.63) is 24.3 Å². The van der Waals surface area contributed by atoms with E-state index in [1.54, 1.807) is 0 Å². The minimum absolute atomic E-state index is 0. The molecular weight excluding hydrogens is 315 g/mol. The van der Waals surface area contributed by atoms with Crippen molar-refractivity contribution in [3.63, 3.8) is 0 Å². The Balaban J connectivity index is 0.00000441. The second-order valence-corrected chi connectivity index (χ2v) is 8.28. The third-order valence-electron chi connectivity index (χ3n) is 4.07. The van der Waals surface area contributed by atoms with E-state index in [1.165, 1.54) is 11.0 Å². The van der Waals surface area contributed by atoms with Crippen LogP contribution in [0.1, 0.15) is 27.7 Å². The zero-order valence-corrected chi connectivity index (χ0v) is 16.5. The van der Waals surface area contributed by atoms with Crippen molar-refractivity contribution in [2.75, 3.05) is 45.2 Å². The average Bonchev–Trinajstić information content (AvgIpc) is 2.49. The van der Waals surface area contributed by atoms with Gasteiger partial charge in [-0.3, -0.25) is 0 Å². The average molecular weight is 347 g/mol. The molecule has 2 N–H and O–H groups in total. The van der Waals surface area contributed by atoms with Crippen LogP contribution in [0, 0.1) is 0 Å². The molecule has 0 aliphatic heterocycles. The molecule has 128 valence electrons. The first-order valence-electron chi connectivity index (χ1n) is 7.91. The highest BCUT2D eigenvalue weighted by atomic mass is 35.5. The summed E-state index contributed by atoms with van der Waals surface area (Å²) in [7, 11) is 2.18. The Bertz CT molecular complexity index is 405. The maximum absolute atomic E-state index is 7.03. The molecule has 0 bridgehead atoms. The second kappa shape index (κ2) is 9.69. The zero-order chi connectivity index (χ0) is 16.0. The third-order valence-corrected chi connectivity index (χ3v) is 7.98. The first-order valence-corrected chi connectivity index (χ1v) is 9.68. The Labute approximate surface area is 143 Å². The van der Waals surface area contributed by atoms with Crippen molar-refractivity contribution in [1.82, 2.24) is 9.34 Å². The largest absolute Gasteiger partial charge is 1.00 e. The molecular formula is C16H32ClN4P. The van der Waals surface area contributed by atoms with Gasteiger partial charge >= 0.3 is 0 Å². The molecule has 0 radical (unpaired) electrons. The lowest BCUT2D eigenvalue weighted by molar-refractivity contribution is -0.00000509. The van der Waals surface area contributed by atoms with E-state index in [0.717, 1.165) is 26.2 Å². The molecule has 0 spiro atoms. The Morgan fingerprint density at radius 3 is 1.45 bits per heavy atom. The van der Waals surface area contributed by atoms with Gasteiger partial charge in [0.05, 0.1) is 0 Å². The highest BCUT2D eigenvalue weighted by Crippen LogP contribution is 2.56. The Morgan fingerprint density at radius 2 is 1.18 bits per heavy atom. The van der Waals surface area contributed by atoms with E-state index in [2.05, 4.69) is 80.3 Å². The molecule has 0 saturated carbocycles. The van der Waals surface area contributed by atoms with E-state index < -0.39 is 7.71 Å². The lowest BCUT2D eigenvalue weighted by Gasteiger charge is -2.38. The maximum Gasteiger partial charge on any atom is 0.256 e. The number of halogens is 1. The van der Waals surface area contributed by atoms with Crippen LogP contribution in [-0.2, 0) is 0 Å². The SMILES string of the molecule is CCN(CC)[P+](N)(c1ccc(N(C)C)cc1)N(CC)CC.[Cl-]. The summed E-state index contributed by atoms with van der Waals surface area (Å²) >= 11 is 0. The van der Waals surface area contributed by atoms with Crippen molar-refractivity contribution in [2.24, 2.45) is 5.50 Å². The van der Waals surface area contributed by atoms with Crippen LogP contribution in [0.3, 0.4) is 0 Å². The van der Waals surface area contributed by atoms with Gasteiger partial charge < -0.3 is 17.3 Å². The fraction of sp³-hybridized carbons (Fsp3) is 0.625. The van der Waals surface area contributed by atoms with Gasteiger partial charge in [-0.15, -0.1) is 9.34 Å². The summed E-state index contributed by atoms with van der Waals surface area (Å²) in [5.74, 6) is 0. The van der Waals surface area contributed by atoms with Gasteiger partial charge in [-0.1, -0.05) is 0 Å². The summed E-state index contributed by atoms with van der Waals surface area (Å²) in [5.41, 5.74) is 8.24. The van der Waals surface area contributed by atoms with Crippen LogP contribution < -0.4 is 28.1 Å². The first kappa shape index (κ1) is 21.6. The number of rotatable bonds is 8. The molecule has 4 nitrogen and oxygen atoms in total.